The molecule has 1 aromatic carbocycles. The normalized spacial score (nSPS) is 9.61. The molecule has 0 unspecified atom stereocenters. The summed E-state index contributed by atoms with van der Waals surface area (Å²) in [6.07, 6.45) is 5.90. The van der Waals surface area contributed by atoms with Crippen molar-refractivity contribution in [2.75, 3.05) is 6.61 Å². The van der Waals surface area contributed by atoms with Gasteiger partial charge in [-0.2, -0.15) is 0 Å². The van der Waals surface area contributed by atoms with Crippen LogP contribution in [0.3, 0.4) is 0 Å². The van der Waals surface area contributed by atoms with Crippen LogP contribution in [0.15, 0.2) is 24.3 Å². The standard InChI is InChI=1S/C14H20O3.Na/c1-2-3-4-5-6-10-17-13-9-7-8-12(11-13)14(15)16;/h7-9,11H,2-6,10H2,1H3,(H,15,16);/q;+1/p-1. The first kappa shape index (κ1) is 17.5. The first-order valence-electron chi connectivity index (χ1n) is 6.18. The van der Waals surface area contributed by atoms with Crippen molar-refractivity contribution in [1.29, 1.82) is 0 Å². The second-order valence-electron chi connectivity index (χ2n) is 4.08. The Bertz CT molecular complexity index is 353. The Kier molecular flexibility index (Phi) is 10.1. The third kappa shape index (κ3) is 7.04. The van der Waals surface area contributed by atoms with Crippen LogP contribution in [-0.2, 0) is 0 Å². The average molecular weight is 258 g/mol. The summed E-state index contributed by atoms with van der Waals surface area (Å²) in [5.74, 6) is -0.569. The van der Waals surface area contributed by atoms with Crippen molar-refractivity contribution >= 4 is 5.97 Å². The fourth-order valence-electron chi connectivity index (χ4n) is 1.61. The molecule has 0 aliphatic heterocycles. The number of ether oxygens (including phenoxy) is 1. The monoisotopic (exact) mass is 258 g/mol. The summed E-state index contributed by atoms with van der Waals surface area (Å²) in [6, 6.07) is 6.43. The molecule has 0 aromatic heterocycles. The molecular formula is C14H19NaO3. The molecular weight excluding hydrogens is 239 g/mol. The van der Waals surface area contributed by atoms with Crippen LogP contribution in [0.4, 0.5) is 0 Å². The number of carboxylic acids is 1. The number of carboxylic acid groups (broad SMARTS) is 1. The molecule has 0 fully saturated rings. The van der Waals surface area contributed by atoms with Gasteiger partial charge in [0, 0.05) is 5.56 Å². The summed E-state index contributed by atoms with van der Waals surface area (Å²) < 4.78 is 5.49. The zero-order valence-corrected chi connectivity index (χ0v) is 13.3. The van der Waals surface area contributed by atoms with Gasteiger partial charge in [-0.15, -0.1) is 0 Å². The molecule has 0 aliphatic carbocycles. The Hall–Kier alpha value is -0.510. The number of hydrogen-bond acceptors (Lipinski definition) is 3. The summed E-state index contributed by atoms with van der Waals surface area (Å²) in [5.41, 5.74) is 0.161. The smallest absolute Gasteiger partial charge is 0.545 e. The van der Waals surface area contributed by atoms with E-state index < -0.39 is 5.97 Å². The van der Waals surface area contributed by atoms with Gasteiger partial charge >= 0.3 is 29.6 Å². The molecule has 0 bridgehead atoms. The maximum atomic E-state index is 10.6. The molecule has 0 radical (unpaired) electrons. The van der Waals surface area contributed by atoms with E-state index >= 15 is 0 Å². The topological polar surface area (TPSA) is 49.4 Å². The molecule has 4 heteroatoms. The first-order valence-corrected chi connectivity index (χ1v) is 6.18. The molecule has 1 aromatic rings. The van der Waals surface area contributed by atoms with Crippen LogP contribution in [0.5, 0.6) is 5.75 Å². The molecule has 18 heavy (non-hydrogen) atoms. The van der Waals surface area contributed by atoms with E-state index in [2.05, 4.69) is 6.92 Å². The number of carbonyl (C=O) groups is 1. The number of rotatable bonds is 8. The van der Waals surface area contributed by atoms with Crippen molar-refractivity contribution in [3.63, 3.8) is 0 Å². The Labute approximate surface area is 131 Å². The number of carbonyl (C=O) groups excluding carboxylic acids is 1. The van der Waals surface area contributed by atoms with Crippen molar-refractivity contribution < 1.29 is 44.2 Å². The van der Waals surface area contributed by atoms with Crippen LogP contribution in [0, 0.1) is 0 Å². The fraction of sp³-hybridized carbons (Fsp3) is 0.500. The molecule has 1 rings (SSSR count). The van der Waals surface area contributed by atoms with Gasteiger partial charge in [-0.05, 0) is 18.6 Å². The molecule has 0 saturated carbocycles. The maximum absolute atomic E-state index is 10.6. The number of unbranched alkanes of at least 4 members (excludes halogenated alkanes) is 4. The molecule has 0 aliphatic rings. The largest absolute Gasteiger partial charge is 1.00 e. The van der Waals surface area contributed by atoms with Crippen LogP contribution >= 0.6 is 0 Å². The van der Waals surface area contributed by atoms with Gasteiger partial charge in [0.05, 0.1) is 12.6 Å². The molecule has 3 nitrogen and oxygen atoms in total. The minimum atomic E-state index is -1.17. The van der Waals surface area contributed by atoms with E-state index in [0.29, 0.717) is 12.4 Å². The first-order chi connectivity index (χ1) is 8.24. The van der Waals surface area contributed by atoms with Gasteiger partial charge in [-0.1, -0.05) is 44.7 Å². The SMILES string of the molecule is CCCCCCCOc1cccc(C(=O)[O-])c1.[Na+]. The summed E-state index contributed by atoms with van der Waals surface area (Å²) in [6.45, 7) is 2.82. The van der Waals surface area contributed by atoms with Gasteiger partial charge in [-0.25, -0.2) is 0 Å². The summed E-state index contributed by atoms with van der Waals surface area (Å²) in [5, 5.41) is 10.6. The van der Waals surface area contributed by atoms with Crippen molar-refractivity contribution in [2.24, 2.45) is 0 Å². The van der Waals surface area contributed by atoms with E-state index in [4.69, 9.17) is 4.74 Å². The Balaban J connectivity index is 0.00000289. The van der Waals surface area contributed by atoms with Crippen LogP contribution < -0.4 is 39.4 Å². The van der Waals surface area contributed by atoms with Crippen molar-refractivity contribution in [3.8, 4) is 5.75 Å². The zero-order chi connectivity index (χ0) is 12.5. The van der Waals surface area contributed by atoms with Crippen molar-refractivity contribution in [3.05, 3.63) is 29.8 Å². The third-order valence-corrected chi connectivity index (χ3v) is 2.59. The quantitative estimate of drug-likeness (QED) is 0.462. The molecule has 0 spiro atoms. The van der Waals surface area contributed by atoms with Crippen LogP contribution in [-0.4, -0.2) is 12.6 Å². The second kappa shape index (κ2) is 10.4. The molecule has 0 heterocycles. The van der Waals surface area contributed by atoms with Gasteiger partial charge in [0.15, 0.2) is 0 Å². The minimum absolute atomic E-state index is 0. The predicted octanol–water partition coefficient (Wildman–Crippen LogP) is -0.597. The molecule has 0 saturated heterocycles. The summed E-state index contributed by atoms with van der Waals surface area (Å²) in [4.78, 5) is 10.6. The number of aromatic carboxylic acids is 1. The molecule has 0 atom stereocenters. The summed E-state index contributed by atoms with van der Waals surface area (Å²) in [7, 11) is 0. The van der Waals surface area contributed by atoms with Crippen molar-refractivity contribution in [2.45, 2.75) is 39.0 Å². The predicted molar refractivity (Wildman–Crippen MR) is 65.0 cm³/mol. The maximum Gasteiger partial charge on any atom is 1.00 e. The van der Waals surface area contributed by atoms with E-state index in [9.17, 15) is 9.90 Å². The number of hydrogen-bond donors (Lipinski definition) is 0. The average Bonchev–Trinajstić information content (AvgIpc) is 2.34. The zero-order valence-electron chi connectivity index (χ0n) is 11.3. The van der Waals surface area contributed by atoms with Gasteiger partial charge in [0.25, 0.3) is 0 Å². The van der Waals surface area contributed by atoms with Gasteiger partial charge in [0.1, 0.15) is 5.75 Å². The molecule has 94 valence electrons. The van der Waals surface area contributed by atoms with E-state index in [0.717, 1.165) is 12.8 Å². The molecule has 0 N–H and O–H groups in total. The fourth-order valence-corrected chi connectivity index (χ4v) is 1.61. The Morgan fingerprint density at radius 3 is 2.61 bits per heavy atom. The van der Waals surface area contributed by atoms with Gasteiger partial charge < -0.3 is 14.6 Å². The Morgan fingerprint density at radius 1 is 1.22 bits per heavy atom. The van der Waals surface area contributed by atoms with E-state index in [-0.39, 0.29) is 35.1 Å². The second-order valence-corrected chi connectivity index (χ2v) is 4.08. The van der Waals surface area contributed by atoms with Crippen LogP contribution in [0.2, 0.25) is 0 Å². The van der Waals surface area contributed by atoms with E-state index in [1.165, 1.54) is 31.4 Å². The summed E-state index contributed by atoms with van der Waals surface area (Å²) >= 11 is 0. The minimum Gasteiger partial charge on any atom is -0.545 e. The van der Waals surface area contributed by atoms with Gasteiger partial charge in [0.2, 0.25) is 0 Å². The molecule has 0 amide bonds. The number of benzene rings is 1. The van der Waals surface area contributed by atoms with Crippen LogP contribution in [0.1, 0.15) is 49.4 Å². The van der Waals surface area contributed by atoms with Crippen molar-refractivity contribution in [1.82, 2.24) is 0 Å². The van der Waals surface area contributed by atoms with E-state index in [1.54, 1.807) is 12.1 Å². The Morgan fingerprint density at radius 2 is 1.94 bits per heavy atom. The van der Waals surface area contributed by atoms with Crippen LogP contribution in [0.25, 0.3) is 0 Å². The third-order valence-electron chi connectivity index (χ3n) is 2.59. The van der Waals surface area contributed by atoms with Gasteiger partial charge in [-0.3, -0.25) is 0 Å². The van der Waals surface area contributed by atoms with E-state index in [1.807, 2.05) is 0 Å².